The minimum Gasteiger partial charge on any atom is -0.381 e. The van der Waals surface area contributed by atoms with E-state index in [2.05, 4.69) is 21.8 Å². The first kappa shape index (κ1) is 21.8. The number of aromatic nitrogens is 2. The third-order valence-corrected chi connectivity index (χ3v) is 7.21. The Morgan fingerprint density at radius 1 is 1.29 bits per heavy atom. The van der Waals surface area contributed by atoms with Gasteiger partial charge in [0.1, 0.15) is 10.8 Å². The van der Waals surface area contributed by atoms with E-state index in [4.69, 9.17) is 11.5 Å². The topological polar surface area (TPSA) is 101 Å². The van der Waals surface area contributed by atoms with Gasteiger partial charge in [-0.15, -0.1) is 0 Å². The van der Waals surface area contributed by atoms with Crippen molar-refractivity contribution in [3.63, 3.8) is 0 Å². The second kappa shape index (κ2) is 7.90. The van der Waals surface area contributed by atoms with Gasteiger partial charge < -0.3 is 21.3 Å². The van der Waals surface area contributed by atoms with Crippen LogP contribution in [0.1, 0.15) is 32.3 Å². The van der Waals surface area contributed by atoms with Gasteiger partial charge in [0.2, 0.25) is 5.91 Å². The minimum absolute atomic E-state index is 0.137. The second-order valence-corrected chi connectivity index (χ2v) is 9.51. The molecular weight excluding hydrogens is 422 g/mol. The number of amides is 1. The van der Waals surface area contributed by atoms with Gasteiger partial charge in [-0.2, -0.15) is 8.78 Å². The van der Waals surface area contributed by atoms with Gasteiger partial charge in [0.25, 0.3) is 5.92 Å². The number of rotatable bonds is 4. The predicted octanol–water partition coefficient (Wildman–Crippen LogP) is 3.23. The molecule has 10 heteroatoms. The Morgan fingerprint density at radius 3 is 2.61 bits per heavy atom. The molecule has 3 heterocycles. The number of nitrogen functional groups attached to an aromatic ring is 1. The standard InChI is InChI=1S/C21H26F2N6OS/c1-13(30)29-12-21(22,23)17-14(29)4-3-5-15(17)31-19-18(25)27-16(10-26-19)28-8-6-20(2,11-24)7-9-28/h3-5,10H,6-9,11-12,24H2,1-2H3,(H2,25,27). The molecule has 4 rings (SSSR count). The summed E-state index contributed by atoms with van der Waals surface area (Å²) < 4.78 is 29.4. The van der Waals surface area contributed by atoms with Crippen LogP contribution in [-0.2, 0) is 10.7 Å². The van der Waals surface area contributed by atoms with E-state index in [9.17, 15) is 13.6 Å². The van der Waals surface area contributed by atoms with Crippen LogP contribution in [0.15, 0.2) is 34.3 Å². The molecular formula is C21H26F2N6OS. The van der Waals surface area contributed by atoms with Crippen molar-refractivity contribution < 1.29 is 13.6 Å². The number of benzene rings is 1. The van der Waals surface area contributed by atoms with E-state index in [-0.39, 0.29) is 22.5 Å². The fourth-order valence-electron chi connectivity index (χ4n) is 4.04. The lowest BCUT2D eigenvalue weighted by Crippen LogP contribution is -2.42. The van der Waals surface area contributed by atoms with Gasteiger partial charge in [-0.1, -0.05) is 24.8 Å². The van der Waals surface area contributed by atoms with Crippen LogP contribution in [-0.4, -0.2) is 42.1 Å². The minimum atomic E-state index is -3.14. The van der Waals surface area contributed by atoms with Crippen molar-refractivity contribution in [3.05, 3.63) is 30.0 Å². The number of carbonyl (C=O) groups excluding carboxylic acids is 1. The van der Waals surface area contributed by atoms with Crippen molar-refractivity contribution >= 4 is 35.0 Å². The van der Waals surface area contributed by atoms with E-state index in [0.29, 0.717) is 22.3 Å². The first-order valence-electron chi connectivity index (χ1n) is 10.2. The fraction of sp³-hybridized carbons (Fsp3) is 0.476. The number of anilines is 3. The molecule has 2 aromatic rings. The van der Waals surface area contributed by atoms with Gasteiger partial charge in [0, 0.05) is 24.9 Å². The van der Waals surface area contributed by atoms with Crippen LogP contribution in [0, 0.1) is 5.41 Å². The molecule has 2 aliphatic rings. The fourth-order valence-corrected chi connectivity index (χ4v) is 5.00. The van der Waals surface area contributed by atoms with Crippen molar-refractivity contribution in [2.24, 2.45) is 11.1 Å². The summed E-state index contributed by atoms with van der Waals surface area (Å²) in [5.74, 6) is -2.70. The third kappa shape index (κ3) is 4.06. The number of carbonyl (C=O) groups is 1. The SMILES string of the molecule is CC(=O)N1CC(F)(F)c2c(Sc3ncc(N4CCC(C)(CN)CC4)nc3N)cccc21. The number of piperidine rings is 1. The molecule has 31 heavy (non-hydrogen) atoms. The largest absolute Gasteiger partial charge is 0.381 e. The van der Waals surface area contributed by atoms with Gasteiger partial charge in [0.05, 0.1) is 24.0 Å². The van der Waals surface area contributed by atoms with Gasteiger partial charge in [-0.05, 0) is 36.9 Å². The maximum Gasteiger partial charge on any atom is 0.293 e. The first-order chi connectivity index (χ1) is 14.6. The number of fused-ring (bicyclic) bond motifs is 1. The van der Waals surface area contributed by atoms with Gasteiger partial charge in [-0.25, -0.2) is 9.97 Å². The Bertz CT molecular complexity index is 1010. The summed E-state index contributed by atoms with van der Waals surface area (Å²) in [4.78, 5) is 24.2. The monoisotopic (exact) mass is 448 g/mol. The number of nitrogens with zero attached hydrogens (tertiary/aromatic N) is 4. The molecule has 1 amide bonds. The molecule has 0 atom stereocenters. The summed E-state index contributed by atoms with van der Waals surface area (Å²) in [6.07, 6.45) is 3.55. The molecule has 166 valence electrons. The molecule has 4 N–H and O–H groups in total. The summed E-state index contributed by atoms with van der Waals surface area (Å²) in [6, 6.07) is 4.78. The summed E-state index contributed by atoms with van der Waals surface area (Å²) in [7, 11) is 0. The number of hydrogen-bond donors (Lipinski definition) is 2. The van der Waals surface area contributed by atoms with Crippen molar-refractivity contribution in [1.82, 2.24) is 9.97 Å². The van der Waals surface area contributed by atoms with Gasteiger partial charge in [-0.3, -0.25) is 4.79 Å². The average molecular weight is 449 g/mol. The zero-order valence-electron chi connectivity index (χ0n) is 17.6. The molecule has 0 bridgehead atoms. The van der Waals surface area contributed by atoms with Crippen LogP contribution in [0.5, 0.6) is 0 Å². The van der Waals surface area contributed by atoms with Crippen LogP contribution in [0.25, 0.3) is 0 Å². The highest BCUT2D eigenvalue weighted by Gasteiger charge is 2.47. The van der Waals surface area contributed by atoms with Gasteiger partial charge in [0.15, 0.2) is 5.82 Å². The third-order valence-electron chi connectivity index (χ3n) is 6.14. The zero-order valence-corrected chi connectivity index (χ0v) is 18.4. The lowest BCUT2D eigenvalue weighted by atomic mass is 9.80. The highest BCUT2D eigenvalue weighted by Crippen LogP contribution is 2.49. The quantitative estimate of drug-likeness (QED) is 0.740. The van der Waals surface area contributed by atoms with Crippen LogP contribution in [0.4, 0.5) is 26.1 Å². The molecule has 0 aliphatic carbocycles. The van der Waals surface area contributed by atoms with Crippen molar-refractivity contribution in [3.8, 4) is 0 Å². The Hall–Kier alpha value is -2.46. The molecule has 0 unspecified atom stereocenters. The van der Waals surface area contributed by atoms with Crippen LogP contribution in [0.3, 0.4) is 0 Å². The smallest absolute Gasteiger partial charge is 0.293 e. The Labute approximate surface area is 184 Å². The summed E-state index contributed by atoms with van der Waals surface area (Å²) >= 11 is 1.04. The van der Waals surface area contributed by atoms with Crippen molar-refractivity contribution in [1.29, 1.82) is 0 Å². The van der Waals surface area contributed by atoms with Crippen LogP contribution >= 0.6 is 11.8 Å². The molecule has 0 saturated carbocycles. The van der Waals surface area contributed by atoms with E-state index in [0.717, 1.165) is 42.6 Å². The van der Waals surface area contributed by atoms with E-state index < -0.39 is 18.4 Å². The second-order valence-electron chi connectivity index (χ2n) is 8.48. The maximum atomic E-state index is 14.7. The van der Waals surface area contributed by atoms with E-state index in [1.807, 2.05) is 0 Å². The van der Waals surface area contributed by atoms with Crippen LogP contribution < -0.4 is 21.3 Å². The molecule has 7 nitrogen and oxygen atoms in total. The summed E-state index contributed by atoms with van der Waals surface area (Å²) in [5.41, 5.74) is 12.2. The maximum absolute atomic E-state index is 14.7. The molecule has 2 aliphatic heterocycles. The van der Waals surface area contributed by atoms with Crippen molar-refractivity contribution in [2.45, 2.75) is 42.5 Å². The first-order valence-corrected chi connectivity index (χ1v) is 11.0. The molecule has 0 radical (unpaired) electrons. The number of hydrogen-bond acceptors (Lipinski definition) is 7. The Morgan fingerprint density at radius 2 is 2.00 bits per heavy atom. The number of nitrogens with two attached hydrogens (primary N) is 2. The highest BCUT2D eigenvalue weighted by atomic mass is 32.2. The summed E-state index contributed by atoms with van der Waals surface area (Å²) in [5, 5.41) is 0.359. The predicted molar refractivity (Wildman–Crippen MR) is 118 cm³/mol. The normalized spacial score (nSPS) is 19.4. The zero-order chi connectivity index (χ0) is 22.4. The van der Waals surface area contributed by atoms with E-state index >= 15 is 0 Å². The lowest BCUT2D eigenvalue weighted by Gasteiger charge is -2.39. The number of halogens is 2. The van der Waals surface area contributed by atoms with E-state index in [1.165, 1.54) is 13.0 Å². The summed E-state index contributed by atoms with van der Waals surface area (Å²) in [6.45, 7) is 5.08. The Balaban J connectivity index is 1.57. The van der Waals surface area contributed by atoms with Crippen LogP contribution in [0.2, 0.25) is 0 Å². The van der Waals surface area contributed by atoms with Gasteiger partial charge >= 0.3 is 0 Å². The molecule has 0 spiro atoms. The molecule has 1 fully saturated rings. The molecule has 1 saturated heterocycles. The Kier molecular flexibility index (Phi) is 5.55. The number of alkyl halides is 2. The van der Waals surface area contributed by atoms with E-state index in [1.54, 1.807) is 18.3 Å². The molecule has 1 aromatic heterocycles. The molecule has 1 aromatic carbocycles. The lowest BCUT2D eigenvalue weighted by molar-refractivity contribution is -0.117. The highest BCUT2D eigenvalue weighted by molar-refractivity contribution is 7.99. The average Bonchev–Trinajstić information content (AvgIpc) is 3.02. The van der Waals surface area contributed by atoms with Crippen molar-refractivity contribution in [2.75, 3.05) is 41.7 Å².